The van der Waals surface area contributed by atoms with Crippen molar-refractivity contribution in [2.75, 3.05) is 18.1 Å². The average molecular weight is 354 g/mol. The molecule has 2 aromatic carbocycles. The van der Waals surface area contributed by atoms with Crippen molar-refractivity contribution < 1.29 is 4.74 Å². The minimum absolute atomic E-state index is 0.493. The lowest BCUT2D eigenvalue weighted by Gasteiger charge is -2.14. The first-order chi connectivity index (χ1) is 12.1. The Bertz CT molecular complexity index is 751. The van der Waals surface area contributed by atoms with E-state index in [2.05, 4.69) is 63.2 Å². The molecule has 2 nitrogen and oxygen atoms in total. The van der Waals surface area contributed by atoms with Gasteiger partial charge in [0.05, 0.1) is 12.3 Å². The lowest BCUT2D eigenvalue weighted by molar-refractivity contribution is 0.314. The van der Waals surface area contributed by atoms with E-state index in [4.69, 9.17) is 9.73 Å². The highest BCUT2D eigenvalue weighted by molar-refractivity contribution is 7.99. The van der Waals surface area contributed by atoms with Crippen LogP contribution in [0.1, 0.15) is 42.9 Å². The van der Waals surface area contributed by atoms with E-state index in [1.54, 1.807) is 0 Å². The number of para-hydroxylation sites is 1. The Morgan fingerprint density at radius 2 is 2.00 bits per heavy atom. The zero-order valence-electron chi connectivity index (χ0n) is 15.4. The van der Waals surface area contributed by atoms with Crippen LogP contribution in [-0.4, -0.2) is 23.8 Å². The molecule has 0 saturated carbocycles. The normalized spacial score (nSPS) is 13.0. The maximum Gasteiger partial charge on any atom is 0.122 e. The van der Waals surface area contributed by atoms with Gasteiger partial charge in [0.2, 0.25) is 0 Å². The number of fused-ring (bicyclic) bond motifs is 1. The SMILES string of the molecule is Cc1ccc(C(C)C)c(OCCCSCC2=Nc3ccccc3C2)c1. The van der Waals surface area contributed by atoms with E-state index < -0.39 is 0 Å². The van der Waals surface area contributed by atoms with E-state index in [1.165, 1.54) is 22.4 Å². The van der Waals surface area contributed by atoms with Crippen LogP contribution < -0.4 is 4.74 Å². The van der Waals surface area contributed by atoms with Crippen molar-refractivity contribution in [1.82, 2.24) is 0 Å². The zero-order chi connectivity index (χ0) is 17.6. The molecule has 1 aliphatic heterocycles. The summed E-state index contributed by atoms with van der Waals surface area (Å²) in [6, 6.07) is 15.0. The van der Waals surface area contributed by atoms with Crippen LogP contribution in [0.2, 0.25) is 0 Å². The van der Waals surface area contributed by atoms with Crippen LogP contribution in [0, 0.1) is 6.92 Å². The van der Waals surface area contributed by atoms with Gasteiger partial charge in [-0.25, -0.2) is 0 Å². The number of aryl methyl sites for hydroxylation is 1. The smallest absolute Gasteiger partial charge is 0.122 e. The molecule has 0 aromatic heterocycles. The van der Waals surface area contributed by atoms with E-state index in [-0.39, 0.29) is 0 Å². The molecule has 0 atom stereocenters. The molecule has 0 fully saturated rings. The molecule has 3 heteroatoms. The quantitative estimate of drug-likeness (QED) is 0.547. The van der Waals surface area contributed by atoms with Crippen LogP contribution in [0.15, 0.2) is 47.5 Å². The van der Waals surface area contributed by atoms with E-state index in [0.717, 1.165) is 42.4 Å². The van der Waals surface area contributed by atoms with Crippen LogP contribution in [0.3, 0.4) is 0 Å². The highest BCUT2D eigenvalue weighted by atomic mass is 32.2. The second-order valence-corrected chi connectivity index (χ2v) is 8.04. The molecule has 0 spiro atoms. The van der Waals surface area contributed by atoms with Crippen LogP contribution in [-0.2, 0) is 6.42 Å². The summed E-state index contributed by atoms with van der Waals surface area (Å²) in [7, 11) is 0. The zero-order valence-corrected chi connectivity index (χ0v) is 16.2. The summed E-state index contributed by atoms with van der Waals surface area (Å²) in [5, 5.41) is 0. The van der Waals surface area contributed by atoms with E-state index >= 15 is 0 Å². The largest absolute Gasteiger partial charge is 0.493 e. The van der Waals surface area contributed by atoms with E-state index in [9.17, 15) is 0 Å². The average Bonchev–Trinajstić information content (AvgIpc) is 3.00. The predicted octanol–water partition coefficient (Wildman–Crippen LogP) is 5.95. The Hall–Kier alpha value is -1.74. The molecule has 0 aliphatic carbocycles. The highest BCUT2D eigenvalue weighted by Crippen LogP contribution is 2.28. The molecule has 0 saturated heterocycles. The molecule has 3 rings (SSSR count). The van der Waals surface area contributed by atoms with E-state index in [0.29, 0.717) is 5.92 Å². The lowest BCUT2D eigenvalue weighted by Crippen LogP contribution is -2.05. The van der Waals surface area contributed by atoms with Crippen molar-refractivity contribution in [3.05, 3.63) is 59.2 Å². The minimum Gasteiger partial charge on any atom is -0.493 e. The Kier molecular flexibility index (Phi) is 6.19. The summed E-state index contributed by atoms with van der Waals surface area (Å²) in [5.41, 5.74) is 6.38. The van der Waals surface area contributed by atoms with Crippen LogP contribution >= 0.6 is 11.8 Å². The van der Waals surface area contributed by atoms with Gasteiger partial charge >= 0.3 is 0 Å². The summed E-state index contributed by atoms with van der Waals surface area (Å²) in [6.07, 6.45) is 2.08. The fourth-order valence-electron chi connectivity index (χ4n) is 3.06. The molecular weight excluding hydrogens is 326 g/mol. The molecule has 0 radical (unpaired) electrons. The molecule has 132 valence electrons. The van der Waals surface area contributed by atoms with Crippen molar-refractivity contribution in [3.8, 4) is 5.75 Å². The van der Waals surface area contributed by atoms with Gasteiger partial charge in [-0.2, -0.15) is 11.8 Å². The number of rotatable bonds is 8. The minimum atomic E-state index is 0.493. The third-order valence-corrected chi connectivity index (χ3v) is 5.53. The Morgan fingerprint density at radius 1 is 1.16 bits per heavy atom. The monoisotopic (exact) mass is 353 g/mol. The fraction of sp³-hybridized carbons (Fsp3) is 0.409. The van der Waals surface area contributed by atoms with Gasteiger partial charge in [0.15, 0.2) is 0 Å². The number of nitrogens with zero attached hydrogens (tertiary/aromatic N) is 1. The van der Waals surface area contributed by atoms with Crippen molar-refractivity contribution >= 4 is 23.2 Å². The number of thioether (sulfide) groups is 1. The standard InChI is InChI=1S/C22H27NOS/c1-16(2)20-10-9-17(3)13-22(20)24-11-6-12-25-15-19-14-18-7-4-5-8-21(18)23-19/h4-5,7-10,13,16H,6,11-12,14-15H2,1-3H3. The molecule has 0 unspecified atom stereocenters. The van der Waals surface area contributed by atoms with Gasteiger partial charge in [0.25, 0.3) is 0 Å². The Balaban J connectivity index is 1.38. The van der Waals surface area contributed by atoms with Gasteiger partial charge < -0.3 is 4.74 Å². The second kappa shape index (κ2) is 8.57. The molecule has 2 aromatic rings. The maximum atomic E-state index is 6.06. The second-order valence-electron chi connectivity index (χ2n) is 6.93. The first-order valence-electron chi connectivity index (χ1n) is 9.09. The highest BCUT2D eigenvalue weighted by Gasteiger charge is 2.13. The molecule has 1 heterocycles. The van der Waals surface area contributed by atoms with Crippen LogP contribution in [0.5, 0.6) is 5.75 Å². The van der Waals surface area contributed by atoms with Crippen LogP contribution in [0.4, 0.5) is 5.69 Å². The Morgan fingerprint density at radius 3 is 2.80 bits per heavy atom. The third-order valence-electron chi connectivity index (χ3n) is 4.42. The fourth-order valence-corrected chi connectivity index (χ4v) is 3.93. The summed E-state index contributed by atoms with van der Waals surface area (Å²) in [6.45, 7) is 7.33. The van der Waals surface area contributed by atoms with Crippen LogP contribution in [0.25, 0.3) is 0 Å². The molecule has 0 amide bonds. The summed E-state index contributed by atoms with van der Waals surface area (Å²) < 4.78 is 6.06. The van der Waals surface area contributed by atoms with Crippen molar-refractivity contribution in [1.29, 1.82) is 0 Å². The van der Waals surface area contributed by atoms with Crippen molar-refractivity contribution in [2.24, 2.45) is 4.99 Å². The predicted molar refractivity (Wildman–Crippen MR) is 110 cm³/mol. The van der Waals surface area contributed by atoms with Gasteiger partial charge in [-0.3, -0.25) is 4.99 Å². The van der Waals surface area contributed by atoms with Gasteiger partial charge in [-0.1, -0.05) is 44.2 Å². The molecule has 0 N–H and O–H groups in total. The first kappa shape index (κ1) is 18.1. The number of benzene rings is 2. The number of aliphatic imine (C=N–C) groups is 1. The number of ether oxygens (including phenoxy) is 1. The summed E-state index contributed by atoms with van der Waals surface area (Å²) in [5.74, 6) is 3.68. The van der Waals surface area contributed by atoms with E-state index in [1.807, 2.05) is 11.8 Å². The molecule has 0 bridgehead atoms. The summed E-state index contributed by atoms with van der Waals surface area (Å²) >= 11 is 1.96. The Labute approximate surface area is 155 Å². The number of hydrogen-bond acceptors (Lipinski definition) is 3. The van der Waals surface area contributed by atoms with Crippen molar-refractivity contribution in [2.45, 2.75) is 39.5 Å². The topological polar surface area (TPSA) is 21.6 Å². The molecule has 1 aliphatic rings. The molecule has 25 heavy (non-hydrogen) atoms. The summed E-state index contributed by atoms with van der Waals surface area (Å²) in [4.78, 5) is 4.72. The third kappa shape index (κ3) is 4.88. The first-order valence-corrected chi connectivity index (χ1v) is 10.2. The van der Waals surface area contributed by atoms with Gasteiger partial charge in [-0.05, 0) is 53.8 Å². The van der Waals surface area contributed by atoms with Gasteiger partial charge in [0, 0.05) is 17.9 Å². The number of hydrogen-bond donors (Lipinski definition) is 0. The van der Waals surface area contributed by atoms with Crippen molar-refractivity contribution in [3.63, 3.8) is 0 Å². The lowest BCUT2D eigenvalue weighted by atomic mass is 10.0. The van der Waals surface area contributed by atoms with Gasteiger partial charge in [0.1, 0.15) is 5.75 Å². The van der Waals surface area contributed by atoms with Gasteiger partial charge in [-0.15, -0.1) is 0 Å². The molecular formula is C22H27NOS. The maximum absolute atomic E-state index is 6.06.